The first kappa shape index (κ1) is 14.5. The predicted octanol–water partition coefficient (Wildman–Crippen LogP) is 2.72. The Bertz CT molecular complexity index is 697. The van der Waals surface area contributed by atoms with Crippen molar-refractivity contribution in [3.05, 3.63) is 71.1 Å². The predicted molar refractivity (Wildman–Crippen MR) is 70.6 cm³/mol. The third-order valence-electron chi connectivity index (χ3n) is 2.77. The van der Waals surface area contributed by atoms with Gasteiger partial charge in [0, 0.05) is 18.1 Å². The van der Waals surface area contributed by atoms with Crippen molar-refractivity contribution in [1.29, 1.82) is 0 Å². The SMILES string of the molecule is O=C(O)/C(O)=C/C(=O)c1occc1Cc1ccc(F)cc1. The van der Waals surface area contributed by atoms with Gasteiger partial charge in [0.05, 0.1) is 6.26 Å². The highest BCUT2D eigenvalue weighted by Crippen LogP contribution is 2.17. The van der Waals surface area contributed by atoms with Crippen molar-refractivity contribution in [3.63, 3.8) is 0 Å². The molecule has 0 saturated heterocycles. The molecule has 21 heavy (non-hydrogen) atoms. The monoisotopic (exact) mass is 290 g/mol. The van der Waals surface area contributed by atoms with Crippen molar-refractivity contribution < 1.29 is 28.6 Å². The summed E-state index contributed by atoms with van der Waals surface area (Å²) in [6.45, 7) is 0. The number of aliphatic hydroxyl groups excluding tert-OH is 1. The third-order valence-corrected chi connectivity index (χ3v) is 2.77. The van der Waals surface area contributed by atoms with Gasteiger partial charge in [-0.05, 0) is 23.8 Å². The number of aliphatic carboxylic acids is 1. The first-order valence-electron chi connectivity index (χ1n) is 5.96. The fourth-order valence-corrected chi connectivity index (χ4v) is 1.76. The summed E-state index contributed by atoms with van der Waals surface area (Å²) in [6.07, 6.45) is 2.19. The molecule has 1 heterocycles. The number of aliphatic hydroxyl groups is 1. The number of allylic oxidation sites excluding steroid dienone is 1. The van der Waals surface area contributed by atoms with Gasteiger partial charge >= 0.3 is 5.97 Å². The number of benzene rings is 1. The van der Waals surface area contributed by atoms with Crippen LogP contribution in [0.3, 0.4) is 0 Å². The summed E-state index contributed by atoms with van der Waals surface area (Å²) < 4.78 is 17.9. The minimum atomic E-state index is -1.60. The van der Waals surface area contributed by atoms with Crippen LogP contribution in [0, 0.1) is 5.82 Å². The van der Waals surface area contributed by atoms with E-state index >= 15 is 0 Å². The molecule has 0 radical (unpaired) electrons. The Hall–Kier alpha value is -2.89. The summed E-state index contributed by atoms with van der Waals surface area (Å²) in [6, 6.07) is 7.30. The number of furan rings is 1. The molecule has 108 valence electrons. The average Bonchev–Trinajstić information content (AvgIpc) is 2.89. The van der Waals surface area contributed by atoms with E-state index in [0.717, 1.165) is 5.56 Å². The maximum Gasteiger partial charge on any atom is 0.371 e. The van der Waals surface area contributed by atoms with E-state index in [9.17, 15) is 14.0 Å². The number of ketones is 1. The molecule has 0 spiro atoms. The standard InChI is InChI=1S/C15H11FO5/c16-11-3-1-9(2-4-11)7-10-5-6-21-14(10)12(17)8-13(18)15(19)20/h1-6,8,18H,7H2,(H,19,20)/b13-8-. The highest BCUT2D eigenvalue weighted by molar-refractivity contribution is 6.06. The first-order valence-corrected chi connectivity index (χ1v) is 5.96. The minimum Gasteiger partial charge on any atom is -0.502 e. The average molecular weight is 290 g/mol. The van der Waals surface area contributed by atoms with Gasteiger partial charge < -0.3 is 14.6 Å². The summed E-state index contributed by atoms with van der Waals surface area (Å²) in [7, 11) is 0. The number of halogens is 1. The van der Waals surface area contributed by atoms with Crippen molar-refractivity contribution in [1.82, 2.24) is 0 Å². The van der Waals surface area contributed by atoms with Gasteiger partial charge in [0.1, 0.15) is 5.82 Å². The zero-order valence-corrected chi connectivity index (χ0v) is 10.7. The molecule has 0 unspecified atom stereocenters. The number of carbonyl (C=O) groups is 2. The van der Waals surface area contributed by atoms with Gasteiger partial charge in [-0.3, -0.25) is 4.79 Å². The van der Waals surface area contributed by atoms with Crippen LogP contribution in [-0.4, -0.2) is 22.0 Å². The Labute approximate surface area is 118 Å². The molecule has 0 aliphatic rings. The van der Waals surface area contributed by atoms with Crippen LogP contribution in [0.15, 0.2) is 52.8 Å². The molecule has 2 N–H and O–H groups in total. The summed E-state index contributed by atoms with van der Waals surface area (Å²) >= 11 is 0. The highest BCUT2D eigenvalue weighted by atomic mass is 19.1. The lowest BCUT2D eigenvalue weighted by atomic mass is 10.0. The largest absolute Gasteiger partial charge is 0.502 e. The Morgan fingerprint density at radius 3 is 2.43 bits per heavy atom. The van der Waals surface area contributed by atoms with E-state index in [4.69, 9.17) is 14.6 Å². The minimum absolute atomic E-state index is 0.0628. The molecule has 0 atom stereocenters. The highest BCUT2D eigenvalue weighted by Gasteiger charge is 2.16. The van der Waals surface area contributed by atoms with E-state index in [1.807, 2.05) is 0 Å². The van der Waals surface area contributed by atoms with E-state index in [1.54, 1.807) is 18.2 Å². The van der Waals surface area contributed by atoms with Crippen molar-refractivity contribution in [2.75, 3.05) is 0 Å². The fraction of sp³-hybridized carbons (Fsp3) is 0.0667. The zero-order valence-electron chi connectivity index (χ0n) is 10.7. The van der Waals surface area contributed by atoms with Crippen LogP contribution in [0.5, 0.6) is 0 Å². The molecule has 0 aliphatic carbocycles. The number of hydrogen-bond donors (Lipinski definition) is 2. The van der Waals surface area contributed by atoms with Crippen LogP contribution in [0.4, 0.5) is 4.39 Å². The lowest BCUT2D eigenvalue weighted by Crippen LogP contribution is -2.05. The van der Waals surface area contributed by atoms with Crippen LogP contribution in [0.1, 0.15) is 21.7 Å². The Balaban J connectivity index is 2.22. The number of carbonyl (C=O) groups excluding carboxylic acids is 1. The van der Waals surface area contributed by atoms with Crippen molar-refractivity contribution in [3.8, 4) is 0 Å². The van der Waals surface area contributed by atoms with E-state index in [0.29, 0.717) is 18.1 Å². The molecular weight excluding hydrogens is 279 g/mol. The molecular formula is C15H11FO5. The van der Waals surface area contributed by atoms with E-state index in [1.165, 1.54) is 18.4 Å². The van der Waals surface area contributed by atoms with Crippen LogP contribution < -0.4 is 0 Å². The molecule has 0 saturated carbocycles. The quantitative estimate of drug-likeness (QED) is 0.502. The number of carboxylic acid groups (broad SMARTS) is 1. The van der Waals surface area contributed by atoms with Crippen molar-refractivity contribution in [2.24, 2.45) is 0 Å². The second-order valence-corrected chi connectivity index (χ2v) is 4.28. The second-order valence-electron chi connectivity index (χ2n) is 4.28. The van der Waals surface area contributed by atoms with Crippen LogP contribution in [0.2, 0.25) is 0 Å². The van der Waals surface area contributed by atoms with Gasteiger partial charge in [-0.1, -0.05) is 12.1 Å². The molecule has 2 aromatic rings. The lowest BCUT2D eigenvalue weighted by molar-refractivity contribution is -0.135. The summed E-state index contributed by atoms with van der Waals surface area (Å²) in [5, 5.41) is 17.6. The molecule has 0 fully saturated rings. The third kappa shape index (κ3) is 3.56. The van der Waals surface area contributed by atoms with Crippen LogP contribution >= 0.6 is 0 Å². The molecule has 0 aliphatic heterocycles. The second kappa shape index (κ2) is 6.04. The molecule has 0 bridgehead atoms. The molecule has 6 heteroatoms. The maximum absolute atomic E-state index is 12.8. The molecule has 2 rings (SSSR count). The fourth-order valence-electron chi connectivity index (χ4n) is 1.76. The number of rotatable bonds is 5. The summed E-state index contributed by atoms with van der Waals surface area (Å²) in [5.41, 5.74) is 1.28. The number of carboxylic acids is 1. The van der Waals surface area contributed by atoms with Crippen LogP contribution in [-0.2, 0) is 11.2 Å². The summed E-state index contributed by atoms with van der Waals surface area (Å²) in [4.78, 5) is 22.3. The van der Waals surface area contributed by atoms with Gasteiger partial charge in [-0.2, -0.15) is 0 Å². The van der Waals surface area contributed by atoms with E-state index in [-0.39, 0.29) is 11.6 Å². The normalized spacial score (nSPS) is 11.4. The Morgan fingerprint density at radius 1 is 1.14 bits per heavy atom. The van der Waals surface area contributed by atoms with Crippen molar-refractivity contribution >= 4 is 11.8 Å². The van der Waals surface area contributed by atoms with Gasteiger partial charge in [0.25, 0.3) is 0 Å². The molecule has 5 nitrogen and oxygen atoms in total. The Morgan fingerprint density at radius 2 is 1.81 bits per heavy atom. The Kier molecular flexibility index (Phi) is 4.18. The van der Waals surface area contributed by atoms with Crippen LogP contribution in [0.25, 0.3) is 0 Å². The molecule has 1 aromatic heterocycles. The van der Waals surface area contributed by atoms with Gasteiger partial charge in [-0.15, -0.1) is 0 Å². The summed E-state index contributed by atoms with van der Waals surface area (Å²) in [5.74, 6) is -3.85. The molecule has 1 aromatic carbocycles. The van der Waals surface area contributed by atoms with Gasteiger partial charge in [0.2, 0.25) is 11.5 Å². The van der Waals surface area contributed by atoms with E-state index < -0.39 is 17.5 Å². The molecule has 0 amide bonds. The van der Waals surface area contributed by atoms with Gasteiger partial charge in [-0.25, -0.2) is 9.18 Å². The lowest BCUT2D eigenvalue weighted by Gasteiger charge is -2.01. The van der Waals surface area contributed by atoms with Crippen molar-refractivity contribution in [2.45, 2.75) is 6.42 Å². The first-order chi connectivity index (χ1) is 9.97. The van der Waals surface area contributed by atoms with Gasteiger partial charge in [0.15, 0.2) is 5.76 Å². The maximum atomic E-state index is 12.8. The zero-order chi connectivity index (χ0) is 15.4. The van der Waals surface area contributed by atoms with E-state index in [2.05, 4.69) is 0 Å². The number of hydrogen-bond acceptors (Lipinski definition) is 4. The smallest absolute Gasteiger partial charge is 0.371 e. The topological polar surface area (TPSA) is 87.7 Å².